The number of thiophene rings is 1. The van der Waals surface area contributed by atoms with E-state index in [-0.39, 0.29) is 6.04 Å². The topological polar surface area (TPSA) is 34.2 Å². The molecule has 0 saturated heterocycles. The lowest BCUT2D eigenvalue weighted by Gasteiger charge is -2.18. The van der Waals surface area contributed by atoms with Gasteiger partial charge in [0.05, 0.1) is 7.11 Å². The number of fused-ring (bicyclic) bond motifs is 1. The number of methoxy groups -OCH3 is 1. The molecule has 108 valence electrons. The number of benzene rings is 1. The number of hydrogen-bond donors (Lipinski definition) is 1. The minimum absolute atomic E-state index is 0.187. The van der Waals surface area contributed by atoms with Gasteiger partial charge in [-0.1, -0.05) is 24.3 Å². The maximum Gasteiger partial charge on any atom is 0.217 e. The molecule has 0 aliphatic heterocycles. The van der Waals surface area contributed by atoms with Crippen LogP contribution in [0.1, 0.15) is 17.2 Å². The van der Waals surface area contributed by atoms with Crippen LogP contribution in [0.15, 0.2) is 48.0 Å². The van der Waals surface area contributed by atoms with Gasteiger partial charge in [0.1, 0.15) is 0 Å². The van der Waals surface area contributed by atoms with Crippen molar-refractivity contribution in [1.29, 1.82) is 0 Å². The first-order valence-electron chi connectivity index (χ1n) is 6.94. The molecule has 0 amide bonds. The van der Waals surface area contributed by atoms with Crippen molar-refractivity contribution in [3.8, 4) is 5.88 Å². The smallest absolute Gasteiger partial charge is 0.217 e. The molecule has 1 N–H and O–H groups in total. The van der Waals surface area contributed by atoms with Crippen LogP contribution in [0.3, 0.4) is 0 Å². The maximum absolute atomic E-state index is 5.39. The van der Waals surface area contributed by atoms with Crippen molar-refractivity contribution in [3.05, 3.63) is 59.1 Å². The summed E-state index contributed by atoms with van der Waals surface area (Å²) in [6, 6.07) is 12.7. The van der Waals surface area contributed by atoms with E-state index in [0.717, 1.165) is 12.0 Å². The van der Waals surface area contributed by atoms with Gasteiger partial charge in [-0.05, 0) is 41.9 Å². The summed E-state index contributed by atoms with van der Waals surface area (Å²) in [5, 5.41) is 6.97. The third-order valence-corrected chi connectivity index (χ3v) is 4.72. The second-order valence-electron chi connectivity index (χ2n) is 4.90. The van der Waals surface area contributed by atoms with E-state index in [1.807, 2.05) is 13.1 Å². The van der Waals surface area contributed by atoms with E-state index in [1.54, 1.807) is 24.6 Å². The molecule has 2 heterocycles. The molecule has 3 rings (SSSR count). The van der Waals surface area contributed by atoms with Gasteiger partial charge in [-0.25, -0.2) is 4.98 Å². The molecule has 1 atom stereocenters. The third-order valence-electron chi connectivity index (χ3n) is 3.70. The normalized spacial score (nSPS) is 12.5. The lowest BCUT2D eigenvalue weighted by Crippen LogP contribution is -2.19. The summed E-state index contributed by atoms with van der Waals surface area (Å²) in [6.45, 7) is 0. The molecule has 0 aliphatic carbocycles. The monoisotopic (exact) mass is 298 g/mol. The van der Waals surface area contributed by atoms with E-state index < -0.39 is 0 Å². The first kappa shape index (κ1) is 14.0. The Balaban J connectivity index is 1.94. The van der Waals surface area contributed by atoms with Crippen LogP contribution in [-0.2, 0) is 6.42 Å². The van der Waals surface area contributed by atoms with Crippen LogP contribution >= 0.6 is 11.3 Å². The summed E-state index contributed by atoms with van der Waals surface area (Å²) in [7, 11) is 3.64. The van der Waals surface area contributed by atoms with Gasteiger partial charge in [0.2, 0.25) is 5.88 Å². The van der Waals surface area contributed by atoms with Crippen LogP contribution in [0.25, 0.3) is 10.1 Å². The Kier molecular flexibility index (Phi) is 4.18. The zero-order chi connectivity index (χ0) is 14.7. The van der Waals surface area contributed by atoms with E-state index >= 15 is 0 Å². The largest absolute Gasteiger partial charge is 0.481 e. The van der Waals surface area contributed by atoms with Crippen LogP contribution in [0.2, 0.25) is 0 Å². The highest BCUT2D eigenvalue weighted by atomic mass is 32.1. The average molecular weight is 298 g/mol. The number of ether oxygens (including phenoxy) is 1. The molecule has 0 aliphatic rings. The minimum Gasteiger partial charge on any atom is -0.481 e. The van der Waals surface area contributed by atoms with Crippen molar-refractivity contribution >= 4 is 21.4 Å². The van der Waals surface area contributed by atoms with E-state index in [2.05, 4.69) is 46.0 Å². The van der Waals surface area contributed by atoms with Gasteiger partial charge in [-0.15, -0.1) is 11.3 Å². The Bertz CT molecular complexity index is 738. The van der Waals surface area contributed by atoms with Gasteiger partial charge >= 0.3 is 0 Å². The molecule has 0 bridgehead atoms. The van der Waals surface area contributed by atoms with Crippen molar-refractivity contribution in [1.82, 2.24) is 10.3 Å². The summed E-state index contributed by atoms with van der Waals surface area (Å²) in [5.41, 5.74) is 2.46. The molecule has 3 aromatic rings. The highest BCUT2D eigenvalue weighted by Crippen LogP contribution is 2.31. The van der Waals surface area contributed by atoms with Gasteiger partial charge in [-0.2, -0.15) is 0 Å². The zero-order valence-corrected chi connectivity index (χ0v) is 13.0. The van der Waals surface area contributed by atoms with Crippen LogP contribution in [0, 0.1) is 0 Å². The molecule has 0 saturated carbocycles. The highest BCUT2D eigenvalue weighted by Gasteiger charge is 2.17. The molecule has 1 unspecified atom stereocenters. The number of pyridine rings is 1. The lowest BCUT2D eigenvalue weighted by molar-refractivity contribution is 0.384. The Morgan fingerprint density at radius 3 is 2.90 bits per heavy atom. The summed E-state index contributed by atoms with van der Waals surface area (Å²) in [6.07, 6.45) is 2.68. The van der Waals surface area contributed by atoms with Gasteiger partial charge in [0, 0.05) is 22.5 Å². The Morgan fingerprint density at radius 2 is 2.10 bits per heavy atom. The predicted octanol–water partition coefficient (Wildman–Crippen LogP) is 3.81. The van der Waals surface area contributed by atoms with Crippen molar-refractivity contribution in [2.75, 3.05) is 14.2 Å². The summed E-state index contributed by atoms with van der Waals surface area (Å²) in [5.74, 6) is 0.691. The van der Waals surface area contributed by atoms with E-state index in [1.165, 1.54) is 15.6 Å². The molecule has 3 nitrogen and oxygen atoms in total. The van der Waals surface area contributed by atoms with Gasteiger partial charge in [0.15, 0.2) is 0 Å². The number of hydrogen-bond acceptors (Lipinski definition) is 4. The molecule has 21 heavy (non-hydrogen) atoms. The van der Waals surface area contributed by atoms with Crippen molar-refractivity contribution in [3.63, 3.8) is 0 Å². The summed E-state index contributed by atoms with van der Waals surface area (Å²) >= 11 is 1.80. The second kappa shape index (κ2) is 6.24. The molecule has 2 aromatic heterocycles. The molecule has 4 heteroatoms. The number of aromatic nitrogens is 1. The fourth-order valence-corrected chi connectivity index (χ4v) is 3.59. The SMILES string of the molecule is CNC(Cc1csc2ccccc12)c1cccnc1OC. The van der Waals surface area contributed by atoms with E-state index in [4.69, 9.17) is 4.74 Å². The lowest BCUT2D eigenvalue weighted by atomic mass is 9.99. The molecular weight excluding hydrogens is 280 g/mol. The maximum atomic E-state index is 5.39. The Labute approximate surface area is 128 Å². The van der Waals surface area contributed by atoms with Crippen LogP contribution in [0.4, 0.5) is 0 Å². The van der Waals surface area contributed by atoms with E-state index in [9.17, 15) is 0 Å². The van der Waals surface area contributed by atoms with Gasteiger partial charge < -0.3 is 10.1 Å². The van der Waals surface area contributed by atoms with Crippen LogP contribution in [-0.4, -0.2) is 19.1 Å². The van der Waals surface area contributed by atoms with E-state index in [0.29, 0.717) is 5.88 Å². The summed E-state index contributed by atoms with van der Waals surface area (Å²) in [4.78, 5) is 4.30. The van der Waals surface area contributed by atoms with Gasteiger partial charge in [-0.3, -0.25) is 0 Å². The number of nitrogens with zero attached hydrogens (tertiary/aromatic N) is 1. The zero-order valence-electron chi connectivity index (χ0n) is 12.2. The van der Waals surface area contributed by atoms with Crippen LogP contribution < -0.4 is 10.1 Å². The quantitative estimate of drug-likeness (QED) is 0.778. The molecule has 0 radical (unpaired) electrons. The number of nitrogens with one attached hydrogen (secondary N) is 1. The fourth-order valence-electron chi connectivity index (χ4n) is 2.62. The van der Waals surface area contributed by atoms with Gasteiger partial charge in [0.25, 0.3) is 0 Å². The van der Waals surface area contributed by atoms with Crippen LogP contribution in [0.5, 0.6) is 5.88 Å². The Morgan fingerprint density at radius 1 is 1.24 bits per heavy atom. The van der Waals surface area contributed by atoms with Crippen molar-refractivity contribution in [2.24, 2.45) is 0 Å². The summed E-state index contributed by atoms with van der Waals surface area (Å²) < 4.78 is 6.72. The molecule has 0 fully saturated rings. The minimum atomic E-state index is 0.187. The first-order chi connectivity index (χ1) is 10.3. The standard InChI is InChI=1S/C17H18N2OS/c1-18-15(14-7-5-9-19-17(14)20-2)10-12-11-21-16-8-4-3-6-13(12)16/h3-9,11,15,18H,10H2,1-2H3. The van der Waals surface area contributed by atoms with Crippen molar-refractivity contribution in [2.45, 2.75) is 12.5 Å². The highest BCUT2D eigenvalue weighted by molar-refractivity contribution is 7.17. The fraction of sp³-hybridized carbons (Fsp3) is 0.235. The average Bonchev–Trinajstić information content (AvgIpc) is 2.95. The first-order valence-corrected chi connectivity index (χ1v) is 7.82. The molecule has 0 spiro atoms. The van der Waals surface area contributed by atoms with Crippen molar-refractivity contribution < 1.29 is 4.74 Å². The molecular formula is C17H18N2OS. The predicted molar refractivity (Wildman–Crippen MR) is 88.1 cm³/mol. The Hall–Kier alpha value is -1.91. The number of likely N-dealkylation sites (N-methyl/N-ethyl adjacent to an activating group) is 1. The number of rotatable bonds is 5. The third kappa shape index (κ3) is 2.77. The molecule has 1 aromatic carbocycles. The second-order valence-corrected chi connectivity index (χ2v) is 5.82.